The third-order valence-corrected chi connectivity index (χ3v) is 5.02. The van der Waals surface area contributed by atoms with Crippen molar-refractivity contribution < 1.29 is 14.1 Å². The van der Waals surface area contributed by atoms with Gasteiger partial charge in [0.15, 0.2) is 10.9 Å². The van der Waals surface area contributed by atoms with Crippen molar-refractivity contribution in [2.45, 2.75) is 13.3 Å². The quantitative estimate of drug-likeness (QED) is 0.452. The lowest BCUT2D eigenvalue weighted by molar-refractivity contribution is -0.402. The van der Waals surface area contributed by atoms with Gasteiger partial charge in [0.25, 0.3) is 5.91 Å². The van der Waals surface area contributed by atoms with E-state index >= 15 is 0 Å². The van der Waals surface area contributed by atoms with Crippen LogP contribution in [0.25, 0.3) is 10.2 Å². The molecule has 1 aromatic carbocycles. The molecular formula is C18H20N4O4S. The minimum Gasteiger partial charge on any atom is -0.395 e. The molecule has 0 bridgehead atoms. The molecule has 0 radical (unpaired) electrons. The molecule has 0 atom stereocenters. The number of hydrogen-bond donors (Lipinski definition) is 0. The Bertz CT molecular complexity index is 979. The van der Waals surface area contributed by atoms with Crippen molar-refractivity contribution in [2.75, 3.05) is 32.1 Å². The summed E-state index contributed by atoms with van der Waals surface area (Å²) in [4.78, 5) is 31.3. The first kappa shape index (κ1) is 19.0. The number of thiazole rings is 1. The second kappa shape index (κ2) is 7.85. The highest BCUT2D eigenvalue weighted by atomic mass is 32.1. The number of hydrogen-bond acceptors (Lipinski definition) is 7. The maximum atomic E-state index is 13.0. The highest BCUT2D eigenvalue weighted by Crippen LogP contribution is 2.31. The van der Waals surface area contributed by atoms with Crippen molar-refractivity contribution >= 4 is 38.5 Å². The van der Waals surface area contributed by atoms with Crippen LogP contribution in [0.4, 0.5) is 11.0 Å². The normalized spacial score (nSPS) is 11.3. The van der Waals surface area contributed by atoms with Gasteiger partial charge in [-0.15, -0.1) is 0 Å². The molecule has 9 heteroatoms. The van der Waals surface area contributed by atoms with Crippen LogP contribution >= 0.6 is 11.3 Å². The lowest BCUT2D eigenvalue weighted by atomic mass is 10.2. The van der Waals surface area contributed by atoms with Crippen molar-refractivity contribution in [3.05, 3.63) is 51.8 Å². The highest BCUT2D eigenvalue weighted by Gasteiger charge is 2.26. The fourth-order valence-corrected chi connectivity index (χ4v) is 3.73. The minimum atomic E-state index is -0.659. The summed E-state index contributed by atoms with van der Waals surface area (Å²) in [6.07, 6.45) is 0.733. The van der Waals surface area contributed by atoms with Crippen LogP contribution in [-0.4, -0.2) is 47.9 Å². The number of nitrogens with zero attached hydrogens (tertiary/aromatic N) is 4. The molecule has 3 aromatic rings. The summed E-state index contributed by atoms with van der Waals surface area (Å²) in [7, 11) is 3.92. The Hall–Kier alpha value is -2.78. The number of carbonyl (C=O) groups is 1. The van der Waals surface area contributed by atoms with E-state index in [0.29, 0.717) is 11.7 Å². The Labute approximate surface area is 160 Å². The summed E-state index contributed by atoms with van der Waals surface area (Å²) in [5.41, 5.74) is 1.93. The van der Waals surface area contributed by atoms with Gasteiger partial charge in [0.1, 0.15) is 4.92 Å². The summed E-state index contributed by atoms with van der Waals surface area (Å²) in [5.74, 6) is -0.953. The van der Waals surface area contributed by atoms with Crippen LogP contribution in [0.1, 0.15) is 22.5 Å². The lowest BCUT2D eigenvalue weighted by Gasteiger charge is -2.19. The van der Waals surface area contributed by atoms with E-state index in [9.17, 15) is 14.9 Å². The first-order chi connectivity index (χ1) is 12.8. The van der Waals surface area contributed by atoms with Gasteiger partial charge in [-0.05, 0) is 57.7 Å². The summed E-state index contributed by atoms with van der Waals surface area (Å²) in [5, 5.41) is 11.4. The molecule has 0 saturated carbocycles. The molecule has 2 aromatic heterocycles. The molecule has 0 spiro atoms. The summed E-state index contributed by atoms with van der Waals surface area (Å²) >= 11 is 1.42. The number of aromatic nitrogens is 1. The molecule has 0 N–H and O–H groups in total. The zero-order valence-corrected chi connectivity index (χ0v) is 16.2. The predicted molar refractivity (Wildman–Crippen MR) is 105 cm³/mol. The van der Waals surface area contributed by atoms with Crippen molar-refractivity contribution in [3.63, 3.8) is 0 Å². The molecule has 1 amide bonds. The van der Waals surface area contributed by atoms with Crippen molar-refractivity contribution in [1.82, 2.24) is 9.88 Å². The van der Waals surface area contributed by atoms with Gasteiger partial charge in [-0.3, -0.25) is 19.8 Å². The molecule has 0 unspecified atom stereocenters. The van der Waals surface area contributed by atoms with E-state index in [1.165, 1.54) is 28.4 Å². The average Bonchev–Trinajstić information content (AvgIpc) is 3.24. The van der Waals surface area contributed by atoms with Crippen LogP contribution < -0.4 is 4.90 Å². The minimum absolute atomic E-state index is 0.0676. The molecule has 8 nitrogen and oxygen atoms in total. The third-order valence-electron chi connectivity index (χ3n) is 3.98. The van der Waals surface area contributed by atoms with E-state index < -0.39 is 16.7 Å². The van der Waals surface area contributed by atoms with Crippen molar-refractivity contribution in [2.24, 2.45) is 0 Å². The van der Waals surface area contributed by atoms with Gasteiger partial charge in [-0.2, -0.15) is 0 Å². The van der Waals surface area contributed by atoms with E-state index in [4.69, 9.17) is 4.42 Å². The van der Waals surface area contributed by atoms with Crippen molar-refractivity contribution in [3.8, 4) is 0 Å². The van der Waals surface area contributed by atoms with Crippen LogP contribution in [0.5, 0.6) is 0 Å². The number of furan rings is 1. The second-order valence-electron chi connectivity index (χ2n) is 6.48. The van der Waals surface area contributed by atoms with Gasteiger partial charge in [0.05, 0.1) is 16.3 Å². The fourth-order valence-electron chi connectivity index (χ4n) is 2.64. The van der Waals surface area contributed by atoms with Crippen LogP contribution in [0.3, 0.4) is 0 Å². The molecule has 3 rings (SSSR count). The largest absolute Gasteiger partial charge is 0.433 e. The maximum absolute atomic E-state index is 13.0. The Morgan fingerprint density at radius 2 is 2.04 bits per heavy atom. The molecule has 27 heavy (non-hydrogen) atoms. The smallest absolute Gasteiger partial charge is 0.395 e. The third kappa shape index (κ3) is 4.32. The number of anilines is 1. The average molecular weight is 388 g/mol. The lowest BCUT2D eigenvalue weighted by Crippen LogP contribution is -2.33. The summed E-state index contributed by atoms with van der Waals surface area (Å²) < 4.78 is 6.09. The first-order valence-electron chi connectivity index (χ1n) is 8.43. The number of amides is 1. The number of benzene rings is 1. The zero-order chi connectivity index (χ0) is 19.6. The van der Waals surface area contributed by atoms with Gasteiger partial charge in [-0.1, -0.05) is 17.4 Å². The molecular weight excluding hydrogens is 368 g/mol. The topological polar surface area (TPSA) is 92.7 Å². The van der Waals surface area contributed by atoms with E-state index in [1.807, 2.05) is 44.1 Å². The van der Waals surface area contributed by atoms with Gasteiger partial charge in [-0.25, -0.2) is 4.98 Å². The van der Waals surface area contributed by atoms with E-state index in [0.717, 1.165) is 28.7 Å². The van der Waals surface area contributed by atoms with Crippen molar-refractivity contribution in [1.29, 1.82) is 0 Å². The molecule has 2 heterocycles. The Morgan fingerprint density at radius 3 is 2.70 bits per heavy atom. The molecule has 0 aliphatic carbocycles. The van der Waals surface area contributed by atoms with Gasteiger partial charge >= 0.3 is 5.88 Å². The Morgan fingerprint density at radius 1 is 1.26 bits per heavy atom. The number of aryl methyl sites for hydroxylation is 1. The predicted octanol–water partition coefficient (Wildman–Crippen LogP) is 3.70. The number of carbonyl (C=O) groups excluding carboxylic acids is 1. The molecule has 0 aliphatic rings. The van der Waals surface area contributed by atoms with E-state index in [-0.39, 0.29) is 5.76 Å². The number of nitro groups is 1. The molecule has 0 aliphatic heterocycles. The van der Waals surface area contributed by atoms with Crippen LogP contribution in [0.15, 0.2) is 34.7 Å². The zero-order valence-electron chi connectivity index (χ0n) is 15.3. The molecule has 0 saturated heterocycles. The molecule has 142 valence electrons. The maximum Gasteiger partial charge on any atom is 0.433 e. The highest BCUT2D eigenvalue weighted by molar-refractivity contribution is 7.22. The summed E-state index contributed by atoms with van der Waals surface area (Å²) in [6, 6.07) is 8.44. The van der Waals surface area contributed by atoms with E-state index in [1.54, 1.807) is 0 Å². The molecule has 0 fully saturated rings. The van der Waals surface area contributed by atoms with Crippen LogP contribution in [0, 0.1) is 17.0 Å². The Kier molecular flexibility index (Phi) is 5.52. The van der Waals surface area contributed by atoms with Crippen LogP contribution in [-0.2, 0) is 0 Å². The monoisotopic (exact) mass is 388 g/mol. The van der Waals surface area contributed by atoms with Gasteiger partial charge in [0, 0.05) is 6.54 Å². The van der Waals surface area contributed by atoms with Crippen LogP contribution in [0.2, 0.25) is 0 Å². The standard InChI is InChI=1S/C18H20N4O4S/c1-12-5-6-13-15(11-12)27-18(19-13)21(10-4-9-20(2)3)17(23)14-7-8-16(26-14)22(24)25/h5-8,11H,4,9-10H2,1-3H3. The van der Waals surface area contributed by atoms with Gasteiger partial charge in [0.2, 0.25) is 0 Å². The fraction of sp³-hybridized carbons (Fsp3) is 0.333. The van der Waals surface area contributed by atoms with Gasteiger partial charge < -0.3 is 9.32 Å². The van der Waals surface area contributed by atoms with E-state index in [2.05, 4.69) is 4.98 Å². The first-order valence-corrected chi connectivity index (χ1v) is 9.25. The number of rotatable bonds is 7. The SMILES string of the molecule is Cc1ccc2nc(N(CCCN(C)C)C(=O)c3ccc([N+](=O)[O-])o3)sc2c1. The second-order valence-corrected chi connectivity index (χ2v) is 7.49. The Balaban J connectivity index is 1.93. The summed E-state index contributed by atoms with van der Waals surface area (Å²) in [6.45, 7) is 3.23. The number of fused-ring (bicyclic) bond motifs is 1.